The van der Waals surface area contributed by atoms with Crippen LogP contribution in [0.3, 0.4) is 0 Å². The molecule has 6 heterocycles. The Labute approximate surface area is 154 Å². The van der Waals surface area contributed by atoms with Gasteiger partial charge in [-0.15, -0.1) is 0 Å². The maximum Gasteiger partial charge on any atom is 0.182 e. The van der Waals surface area contributed by atoms with Crippen molar-refractivity contribution in [2.45, 2.75) is 25.7 Å². The van der Waals surface area contributed by atoms with Gasteiger partial charge < -0.3 is 9.80 Å². The Morgan fingerprint density at radius 2 is 1.00 bits per heavy atom. The number of allylic oxidation sites excluding steroid dienone is 2. The predicted molar refractivity (Wildman–Crippen MR) is 101 cm³/mol. The van der Waals surface area contributed by atoms with E-state index in [0.717, 1.165) is 74.4 Å². The van der Waals surface area contributed by atoms with E-state index in [1.807, 2.05) is 12.2 Å². The molecule has 6 aliphatic rings. The van der Waals surface area contributed by atoms with Gasteiger partial charge in [0.15, 0.2) is 11.6 Å². The number of benzene rings is 1. The maximum absolute atomic E-state index is 12.5. The fourth-order valence-corrected chi connectivity index (χ4v) is 4.82. The molecular formula is C22H24N2O2. The summed E-state index contributed by atoms with van der Waals surface area (Å²) in [6.45, 7) is 4.02. The van der Waals surface area contributed by atoms with E-state index in [4.69, 9.17) is 0 Å². The molecule has 134 valence electrons. The van der Waals surface area contributed by atoms with Crippen LogP contribution in [0, 0.1) is 11.8 Å². The van der Waals surface area contributed by atoms with Crippen LogP contribution in [0.15, 0.2) is 35.7 Å². The number of carbonyl (C=O) groups is 2. The molecule has 1 aromatic rings. The van der Waals surface area contributed by atoms with Gasteiger partial charge in [0.1, 0.15) is 0 Å². The highest BCUT2D eigenvalue weighted by Gasteiger charge is 2.37. The second-order valence-electron chi connectivity index (χ2n) is 7.98. The zero-order valence-corrected chi connectivity index (χ0v) is 15.0. The molecular weight excluding hydrogens is 324 g/mol. The molecule has 4 bridgehead atoms. The zero-order chi connectivity index (χ0) is 17.7. The Morgan fingerprint density at radius 1 is 0.654 bits per heavy atom. The number of hydrogen-bond donors (Lipinski definition) is 0. The molecule has 0 atom stereocenters. The number of carbonyl (C=O) groups excluding carboxylic acids is 2. The van der Waals surface area contributed by atoms with Gasteiger partial charge in [0.2, 0.25) is 0 Å². The van der Waals surface area contributed by atoms with Crippen molar-refractivity contribution in [2.24, 2.45) is 11.8 Å². The summed E-state index contributed by atoms with van der Waals surface area (Å²) in [5.74, 6) is 1.09. The Hall–Kier alpha value is -2.36. The third-order valence-corrected chi connectivity index (χ3v) is 6.46. The van der Waals surface area contributed by atoms with E-state index in [1.165, 1.54) is 0 Å². The SMILES string of the molecule is O=C1/C(=C/c2ccc(/C=C3/C(=O)C4CCN3CC4)cc2)N2CCC1CC2. The van der Waals surface area contributed by atoms with Crippen molar-refractivity contribution in [1.82, 2.24) is 9.80 Å². The Bertz CT molecular complexity index is 736. The van der Waals surface area contributed by atoms with Crippen LogP contribution in [0.2, 0.25) is 0 Å². The van der Waals surface area contributed by atoms with Gasteiger partial charge in [-0.3, -0.25) is 9.59 Å². The Morgan fingerprint density at radius 3 is 1.31 bits per heavy atom. The average Bonchev–Trinajstić information content (AvgIpc) is 2.69. The van der Waals surface area contributed by atoms with Crippen LogP contribution in [0.4, 0.5) is 0 Å². The fourth-order valence-electron chi connectivity index (χ4n) is 4.82. The lowest BCUT2D eigenvalue weighted by Crippen LogP contribution is -2.45. The molecule has 26 heavy (non-hydrogen) atoms. The first-order valence-corrected chi connectivity index (χ1v) is 9.81. The largest absolute Gasteiger partial charge is 0.369 e. The Kier molecular flexibility index (Phi) is 3.73. The van der Waals surface area contributed by atoms with Crippen LogP contribution in [-0.2, 0) is 9.59 Å². The molecule has 0 aromatic heterocycles. The highest BCUT2D eigenvalue weighted by molar-refractivity contribution is 6.02. The average molecular weight is 348 g/mol. The molecule has 4 nitrogen and oxygen atoms in total. The van der Waals surface area contributed by atoms with Crippen LogP contribution in [-0.4, -0.2) is 47.5 Å². The molecule has 0 spiro atoms. The number of fused-ring (bicyclic) bond motifs is 6. The summed E-state index contributed by atoms with van der Waals surface area (Å²) < 4.78 is 0. The predicted octanol–water partition coefficient (Wildman–Crippen LogP) is 2.96. The van der Waals surface area contributed by atoms with Crippen molar-refractivity contribution >= 4 is 23.7 Å². The first kappa shape index (κ1) is 15.9. The summed E-state index contributed by atoms with van der Waals surface area (Å²) >= 11 is 0. The highest BCUT2D eigenvalue weighted by atomic mass is 16.1. The summed E-state index contributed by atoms with van der Waals surface area (Å²) in [6.07, 6.45) is 8.09. The van der Waals surface area contributed by atoms with E-state index in [1.54, 1.807) is 0 Å². The van der Waals surface area contributed by atoms with Crippen molar-refractivity contribution in [1.29, 1.82) is 0 Å². The molecule has 6 aliphatic heterocycles. The van der Waals surface area contributed by atoms with E-state index in [9.17, 15) is 9.59 Å². The van der Waals surface area contributed by atoms with Gasteiger partial charge in [0, 0.05) is 38.0 Å². The molecule has 1 aromatic carbocycles. The number of Topliss-reactive ketones (excluding diaryl/α,β-unsaturated/α-hetero) is 2. The van der Waals surface area contributed by atoms with Gasteiger partial charge in [-0.25, -0.2) is 0 Å². The lowest BCUT2D eigenvalue weighted by atomic mass is 9.84. The molecule has 0 radical (unpaired) electrons. The minimum Gasteiger partial charge on any atom is -0.369 e. The molecule has 0 unspecified atom stereocenters. The molecule has 0 aliphatic carbocycles. The van der Waals surface area contributed by atoms with Crippen molar-refractivity contribution < 1.29 is 9.59 Å². The van der Waals surface area contributed by atoms with Gasteiger partial charge in [-0.05, 0) is 49.0 Å². The second-order valence-corrected chi connectivity index (χ2v) is 7.98. The van der Waals surface area contributed by atoms with Crippen LogP contribution in [0.25, 0.3) is 12.2 Å². The number of ketones is 2. The van der Waals surface area contributed by atoms with Crippen LogP contribution < -0.4 is 0 Å². The maximum atomic E-state index is 12.5. The van der Waals surface area contributed by atoms with Gasteiger partial charge in [0.05, 0.1) is 11.4 Å². The number of hydrogen-bond acceptors (Lipinski definition) is 4. The van der Waals surface area contributed by atoms with E-state index < -0.39 is 0 Å². The quantitative estimate of drug-likeness (QED) is 0.771. The lowest BCUT2D eigenvalue weighted by molar-refractivity contribution is -0.126. The normalized spacial score (nSPS) is 26.6. The molecule has 0 saturated carbocycles. The molecule has 0 amide bonds. The first-order valence-electron chi connectivity index (χ1n) is 9.81. The molecule has 0 N–H and O–H groups in total. The van der Waals surface area contributed by atoms with Gasteiger partial charge in [-0.1, -0.05) is 24.3 Å². The van der Waals surface area contributed by atoms with Gasteiger partial charge >= 0.3 is 0 Å². The summed E-state index contributed by atoms with van der Waals surface area (Å²) in [6, 6.07) is 8.21. The van der Waals surface area contributed by atoms with E-state index in [2.05, 4.69) is 34.1 Å². The minimum atomic E-state index is 0.233. The third kappa shape index (κ3) is 2.59. The second kappa shape index (κ2) is 6.11. The van der Waals surface area contributed by atoms with E-state index >= 15 is 0 Å². The van der Waals surface area contributed by atoms with Crippen molar-refractivity contribution in [3.8, 4) is 0 Å². The molecule has 6 saturated heterocycles. The van der Waals surface area contributed by atoms with Gasteiger partial charge in [0.25, 0.3) is 0 Å². The van der Waals surface area contributed by atoms with Crippen molar-refractivity contribution in [2.75, 3.05) is 26.2 Å². The highest BCUT2D eigenvalue weighted by Crippen LogP contribution is 2.33. The summed E-state index contributed by atoms with van der Waals surface area (Å²) in [5.41, 5.74) is 3.87. The summed E-state index contributed by atoms with van der Waals surface area (Å²) in [5, 5.41) is 0. The number of piperidine rings is 6. The van der Waals surface area contributed by atoms with Crippen molar-refractivity contribution in [3.63, 3.8) is 0 Å². The molecule has 4 heteroatoms. The van der Waals surface area contributed by atoms with Gasteiger partial charge in [-0.2, -0.15) is 0 Å². The topological polar surface area (TPSA) is 40.6 Å². The summed E-state index contributed by atoms with van der Waals surface area (Å²) in [4.78, 5) is 29.4. The number of rotatable bonds is 2. The van der Waals surface area contributed by atoms with Crippen LogP contribution in [0.5, 0.6) is 0 Å². The summed E-state index contributed by atoms with van der Waals surface area (Å²) in [7, 11) is 0. The fraction of sp³-hybridized carbons (Fsp3) is 0.455. The molecule has 6 fully saturated rings. The van der Waals surface area contributed by atoms with E-state index in [0.29, 0.717) is 11.6 Å². The number of nitrogens with zero attached hydrogens (tertiary/aromatic N) is 2. The molecule has 7 rings (SSSR count). The zero-order valence-electron chi connectivity index (χ0n) is 15.0. The first-order chi connectivity index (χ1) is 12.7. The minimum absolute atomic E-state index is 0.233. The third-order valence-electron chi connectivity index (χ3n) is 6.46. The van der Waals surface area contributed by atoms with Crippen LogP contribution in [0.1, 0.15) is 36.8 Å². The van der Waals surface area contributed by atoms with Crippen LogP contribution >= 0.6 is 0 Å². The standard InChI is InChI=1S/C22H24N2O2/c25-21-17-5-9-23(10-6-17)19(21)13-15-1-2-16(4-3-15)14-20-22(26)18-7-11-24(20)12-8-18/h1-4,13-14,17-18H,5-12H2/b19-13-,20-14-. The lowest BCUT2D eigenvalue weighted by Gasteiger charge is -2.41. The monoisotopic (exact) mass is 348 g/mol. The van der Waals surface area contributed by atoms with Crippen molar-refractivity contribution in [3.05, 3.63) is 46.8 Å². The van der Waals surface area contributed by atoms with E-state index in [-0.39, 0.29) is 11.8 Å². The smallest absolute Gasteiger partial charge is 0.182 e. The Balaban J connectivity index is 1.38.